The number of aromatic nitrogens is 2. The molecular formula is C21H24N4O3S2. The van der Waals surface area contributed by atoms with E-state index in [1.807, 2.05) is 26.8 Å². The van der Waals surface area contributed by atoms with E-state index >= 15 is 0 Å². The summed E-state index contributed by atoms with van der Waals surface area (Å²) >= 11 is 3.09. The number of carbonyl (C=O) groups is 2. The van der Waals surface area contributed by atoms with E-state index in [1.165, 1.54) is 18.3 Å². The van der Waals surface area contributed by atoms with Gasteiger partial charge in [-0.1, -0.05) is 6.92 Å². The summed E-state index contributed by atoms with van der Waals surface area (Å²) in [5.41, 5.74) is 2.40. The van der Waals surface area contributed by atoms with E-state index in [-0.39, 0.29) is 17.9 Å². The van der Waals surface area contributed by atoms with Crippen LogP contribution >= 0.6 is 22.7 Å². The number of hydrogen-bond donors (Lipinski definition) is 1. The number of anilines is 1. The molecule has 0 fully saturated rings. The number of pyridine rings is 1. The van der Waals surface area contributed by atoms with Crippen LogP contribution in [-0.4, -0.2) is 39.0 Å². The Hall–Kier alpha value is -2.52. The minimum Gasteiger partial charge on any atom is -0.444 e. The third-order valence-corrected chi connectivity index (χ3v) is 6.85. The zero-order valence-electron chi connectivity index (χ0n) is 17.6. The largest absolute Gasteiger partial charge is 0.444 e. The van der Waals surface area contributed by atoms with Gasteiger partial charge in [0.25, 0.3) is 0 Å². The van der Waals surface area contributed by atoms with Crippen LogP contribution in [0.15, 0.2) is 18.5 Å². The normalized spacial score (nSPS) is 16.4. The lowest BCUT2D eigenvalue weighted by Gasteiger charge is -2.33. The molecule has 4 rings (SSSR count). The van der Waals surface area contributed by atoms with Crippen molar-refractivity contribution in [1.82, 2.24) is 14.9 Å². The highest BCUT2D eigenvalue weighted by Crippen LogP contribution is 2.48. The second-order valence-electron chi connectivity index (χ2n) is 8.45. The van der Waals surface area contributed by atoms with Crippen LogP contribution in [0.5, 0.6) is 0 Å². The highest BCUT2D eigenvalue weighted by atomic mass is 32.1. The Bertz CT molecular complexity index is 1100. The van der Waals surface area contributed by atoms with Gasteiger partial charge >= 0.3 is 6.09 Å². The monoisotopic (exact) mass is 444 g/mol. The molecule has 0 radical (unpaired) electrons. The number of nitrogens with one attached hydrogen (secondary N) is 1. The molecule has 0 aliphatic carbocycles. The summed E-state index contributed by atoms with van der Waals surface area (Å²) in [6, 6.07) is 1.95. The van der Waals surface area contributed by atoms with Gasteiger partial charge in [-0.3, -0.25) is 9.78 Å². The maximum Gasteiger partial charge on any atom is 0.410 e. The number of ether oxygens (including phenoxy) is 1. The summed E-state index contributed by atoms with van der Waals surface area (Å²) < 4.78 is 6.62. The van der Waals surface area contributed by atoms with Crippen LogP contribution in [0.4, 0.5) is 9.80 Å². The number of fused-ring (bicyclic) bond motifs is 2. The van der Waals surface area contributed by atoms with Gasteiger partial charge in [0.1, 0.15) is 21.1 Å². The second kappa shape index (κ2) is 7.63. The molecular weight excluding hydrogens is 420 g/mol. The topological polar surface area (TPSA) is 84.4 Å². The Kier molecular flexibility index (Phi) is 5.27. The molecule has 1 atom stereocenters. The van der Waals surface area contributed by atoms with Crippen molar-refractivity contribution < 1.29 is 14.3 Å². The Balaban J connectivity index is 1.77. The lowest BCUT2D eigenvalue weighted by Crippen LogP contribution is -2.40. The first-order valence-corrected chi connectivity index (χ1v) is 11.4. The number of thiophene rings is 1. The van der Waals surface area contributed by atoms with Crippen molar-refractivity contribution in [2.24, 2.45) is 0 Å². The number of hydrogen-bond acceptors (Lipinski definition) is 7. The van der Waals surface area contributed by atoms with Crippen molar-refractivity contribution in [2.45, 2.75) is 52.7 Å². The third kappa shape index (κ3) is 4.04. The number of thiazole rings is 1. The molecule has 0 spiro atoms. The Morgan fingerprint density at radius 2 is 2.07 bits per heavy atom. The van der Waals surface area contributed by atoms with Gasteiger partial charge in [-0.05, 0) is 32.4 Å². The quantitative estimate of drug-likeness (QED) is 0.585. The maximum absolute atomic E-state index is 12.6. The fourth-order valence-electron chi connectivity index (χ4n) is 3.60. The fourth-order valence-corrected chi connectivity index (χ4v) is 6.05. The predicted octanol–water partition coefficient (Wildman–Crippen LogP) is 5.23. The molecule has 2 amide bonds. The van der Waals surface area contributed by atoms with Crippen molar-refractivity contribution in [2.75, 3.05) is 11.9 Å². The summed E-state index contributed by atoms with van der Waals surface area (Å²) in [6.07, 6.45) is 3.19. The lowest BCUT2D eigenvalue weighted by atomic mass is 9.93. The van der Waals surface area contributed by atoms with Gasteiger partial charge in [-0.25, -0.2) is 9.78 Å². The van der Waals surface area contributed by atoms with Gasteiger partial charge in [0.2, 0.25) is 5.91 Å². The van der Waals surface area contributed by atoms with Gasteiger partial charge in [-0.15, -0.1) is 22.7 Å². The molecule has 4 heterocycles. The van der Waals surface area contributed by atoms with Crippen molar-refractivity contribution in [3.8, 4) is 10.6 Å². The summed E-state index contributed by atoms with van der Waals surface area (Å²) in [6.45, 7) is 10.2. The van der Waals surface area contributed by atoms with Crippen LogP contribution in [0.3, 0.4) is 0 Å². The molecule has 0 bridgehead atoms. The van der Waals surface area contributed by atoms with Crippen LogP contribution in [0.1, 0.15) is 51.0 Å². The molecule has 1 aliphatic rings. The van der Waals surface area contributed by atoms with Gasteiger partial charge in [0, 0.05) is 36.0 Å². The van der Waals surface area contributed by atoms with Crippen molar-refractivity contribution >= 4 is 49.9 Å². The molecule has 1 N–H and O–H groups in total. The molecule has 7 nitrogen and oxygen atoms in total. The van der Waals surface area contributed by atoms with Crippen molar-refractivity contribution in [3.05, 3.63) is 28.9 Å². The first-order valence-electron chi connectivity index (χ1n) is 9.74. The highest BCUT2D eigenvalue weighted by Gasteiger charge is 2.34. The van der Waals surface area contributed by atoms with Gasteiger partial charge in [0.15, 0.2) is 0 Å². The van der Waals surface area contributed by atoms with E-state index in [9.17, 15) is 9.59 Å². The molecule has 3 aromatic rings. The molecule has 1 unspecified atom stereocenters. The SMILES string of the molecule is CC(=O)Nc1sc2c(c1-c1nc3cnccc3s1)C(C)CN(C(=O)OC(C)(C)C)C2. The molecule has 9 heteroatoms. The smallest absolute Gasteiger partial charge is 0.410 e. The van der Waals surface area contributed by atoms with E-state index in [4.69, 9.17) is 9.72 Å². The number of carbonyl (C=O) groups excluding carboxylic acids is 2. The van der Waals surface area contributed by atoms with E-state index in [1.54, 1.807) is 28.6 Å². The van der Waals surface area contributed by atoms with E-state index < -0.39 is 5.60 Å². The molecule has 158 valence electrons. The standard InChI is InChI=1S/C21H24N4O3S2/c1-11-9-25(20(27)28-21(3,4)5)10-15-16(11)17(18(30-15)23-12(2)26)19-24-13-8-22-7-6-14(13)29-19/h6-8,11H,9-10H2,1-5H3,(H,23,26). The minimum atomic E-state index is -0.544. The van der Waals surface area contributed by atoms with Gasteiger partial charge in [-0.2, -0.15) is 0 Å². The molecule has 0 aromatic carbocycles. The fraction of sp³-hybridized carbons (Fsp3) is 0.429. The summed E-state index contributed by atoms with van der Waals surface area (Å²) in [4.78, 5) is 36.2. The van der Waals surface area contributed by atoms with Crippen LogP contribution in [0.25, 0.3) is 20.8 Å². The highest BCUT2D eigenvalue weighted by molar-refractivity contribution is 7.22. The average Bonchev–Trinajstić information content (AvgIpc) is 3.20. The molecule has 30 heavy (non-hydrogen) atoms. The summed E-state index contributed by atoms with van der Waals surface area (Å²) in [5.74, 6) is -0.0468. The predicted molar refractivity (Wildman–Crippen MR) is 120 cm³/mol. The number of rotatable bonds is 2. The number of amides is 2. The average molecular weight is 445 g/mol. The summed E-state index contributed by atoms with van der Waals surface area (Å²) in [5, 5.41) is 4.61. The molecule has 1 aliphatic heterocycles. The summed E-state index contributed by atoms with van der Waals surface area (Å²) in [7, 11) is 0. The van der Waals surface area contributed by atoms with Crippen LogP contribution in [-0.2, 0) is 16.1 Å². The Morgan fingerprint density at radius 3 is 2.73 bits per heavy atom. The first kappa shape index (κ1) is 20.7. The first-order chi connectivity index (χ1) is 14.1. The molecule has 0 saturated carbocycles. The van der Waals surface area contributed by atoms with Crippen LogP contribution in [0, 0.1) is 0 Å². The van der Waals surface area contributed by atoms with Crippen molar-refractivity contribution in [3.63, 3.8) is 0 Å². The van der Waals surface area contributed by atoms with Gasteiger partial charge < -0.3 is 15.0 Å². The lowest BCUT2D eigenvalue weighted by molar-refractivity contribution is -0.114. The van der Waals surface area contributed by atoms with E-state index in [0.29, 0.717) is 13.1 Å². The van der Waals surface area contributed by atoms with Crippen molar-refractivity contribution in [1.29, 1.82) is 0 Å². The van der Waals surface area contributed by atoms with Crippen LogP contribution in [0.2, 0.25) is 0 Å². The van der Waals surface area contributed by atoms with E-state index in [0.717, 1.165) is 36.2 Å². The number of nitrogens with zero attached hydrogens (tertiary/aromatic N) is 3. The Morgan fingerprint density at radius 1 is 1.30 bits per heavy atom. The minimum absolute atomic E-state index is 0.0835. The van der Waals surface area contributed by atoms with E-state index in [2.05, 4.69) is 17.2 Å². The maximum atomic E-state index is 12.6. The zero-order chi connectivity index (χ0) is 21.6. The molecule has 0 saturated heterocycles. The van der Waals surface area contributed by atoms with Crippen LogP contribution < -0.4 is 5.32 Å². The third-order valence-electron chi connectivity index (χ3n) is 4.69. The zero-order valence-corrected chi connectivity index (χ0v) is 19.2. The Labute approximate surface area is 183 Å². The second-order valence-corrected chi connectivity index (χ2v) is 10.6. The molecule has 3 aromatic heterocycles. The van der Waals surface area contributed by atoms with Gasteiger partial charge in [0.05, 0.1) is 17.4 Å².